The van der Waals surface area contributed by atoms with Crippen LogP contribution in [0.2, 0.25) is 0 Å². The highest BCUT2D eigenvalue weighted by atomic mass is 32.1. The molecule has 0 unspecified atom stereocenters. The van der Waals surface area contributed by atoms with Crippen molar-refractivity contribution in [2.24, 2.45) is 5.73 Å². The first-order valence-corrected chi connectivity index (χ1v) is 10.3. The Bertz CT molecular complexity index is 945. The minimum atomic E-state index is -0.525. The van der Waals surface area contributed by atoms with E-state index in [1.54, 1.807) is 0 Å². The van der Waals surface area contributed by atoms with Gasteiger partial charge in [-0.25, -0.2) is 0 Å². The minimum absolute atomic E-state index is 0.137. The Kier molecular flexibility index (Phi) is 6.80. The van der Waals surface area contributed by atoms with Gasteiger partial charge in [0.1, 0.15) is 5.00 Å². The molecule has 1 aromatic heterocycles. The number of hydrogen-bond acceptors (Lipinski definition) is 4. The van der Waals surface area contributed by atoms with Crippen molar-refractivity contribution in [3.8, 4) is 0 Å². The molecule has 5 nitrogen and oxygen atoms in total. The monoisotopic (exact) mass is 407 g/mol. The summed E-state index contributed by atoms with van der Waals surface area (Å²) >= 11 is 1.37. The van der Waals surface area contributed by atoms with E-state index in [2.05, 4.69) is 34.9 Å². The number of primary amides is 1. The number of rotatable bonds is 8. The van der Waals surface area contributed by atoms with Gasteiger partial charge in [0, 0.05) is 17.3 Å². The Hall–Kier alpha value is -2.96. The third-order valence-electron chi connectivity index (χ3n) is 4.92. The summed E-state index contributed by atoms with van der Waals surface area (Å²) in [6, 6.07) is 20.4. The molecular formula is C23H25N3O2S. The van der Waals surface area contributed by atoms with Crippen molar-refractivity contribution in [3.63, 3.8) is 0 Å². The first kappa shape index (κ1) is 20.8. The summed E-state index contributed by atoms with van der Waals surface area (Å²) in [5.41, 5.74) is 9.06. The molecule has 0 aliphatic carbocycles. The predicted molar refractivity (Wildman–Crippen MR) is 119 cm³/mol. The second-order valence-electron chi connectivity index (χ2n) is 6.90. The summed E-state index contributed by atoms with van der Waals surface area (Å²) in [5.74, 6) is -0.588. The average Bonchev–Trinajstić information content (AvgIpc) is 3.00. The molecule has 3 rings (SSSR count). The number of carbonyl (C=O) groups is 2. The zero-order chi connectivity index (χ0) is 20.8. The molecule has 0 bridgehead atoms. The van der Waals surface area contributed by atoms with Gasteiger partial charge in [0.2, 0.25) is 5.91 Å². The number of aryl methyl sites for hydroxylation is 1. The number of hydrogen-bond donors (Lipinski definition) is 3. The van der Waals surface area contributed by atoms with Crippen LogP contribution in [0.5, 0.6) is 0 Å². The fraction of sp³-hybridized carbons (Fsp3) is 0.217. The highest BCUT2D eigenvalue weighted by Crippen LogP contribution is 2.32. The first-order chi connectivity index (χ1) is 14.0. The van der Waals surface area contributed by atoms with E-state index in [1.807, 2.05) is 50.2 Å². The van der Waals surface area contributed by atoms with Gasteiger partial charge in [-0.2, -0.15) is 0 Å². The zero-order valence-corrected chi connectivity index (χ0v) is 17.4. The molecule has 0 saturated carbocycles. The second-order valence-corrected chi connectivity index (χ2v) is 8.13. The van der Waals surface area contributed by atoms with Gasteiger partial charge in [-0.05, 0) is 30.5 Å². The summed E-state index contributed by atoms with van der Waals surface area (Å²) in [6.45, 7) is 4.51. The normalized spacial score (nSPS) is 10.9. The number of nitrogens with one attached hydrogen (secondary N) is 2. The lowest BCUT2D eigenvalue weighted by Crippen LogP contribution is -2.31. The summed E-state index contributed by atoms with van der Waals surface area (Å²) in [7, 11) is 0. The van der Waals surface area contributed by atoms with Gasteiger partial charge in [0.25, 0.3) is 5.91 Å². The molecule has 29 heavy (non-hydrogen) atoms. The van der Waals surface area contributed by atoms with Crippen LogP contribution in [0.3, 0.4) is 0 Å². The maximum absolute atomic E-state index is 12.4. The zero-order valence-electron chi connectivity index (χ0n) is 16.6. The Morgan fingerprint density at radius 1 is 0.966 bits per heavy atom. The topological polar surface area (TPSA) is 84.2 Å². The number of nitrogens with two attached hydrogens (primary N) is 1. The lowest BCUT2D eigenvalue weighted by molar-refractivity contribution is -0.115. The fourth-order valence-corrected chi connectivity index (χ4v) is 4.39. The van der Waals surface area contributed by atoms with E-state index in [-0.39, 0.29) is 18.4 Å². The van der Waals surface area contributed by atoms with E-state index in [4.69, 9.17) is 5.73 Å². The second kappa shape index (κ2) is 9.49. The minimum Gasteiger partial charge on any atom is -0.365 e. The van der Waals surface area contributed by atoms with Crippen molar-refractivity contribution in [1.29, 1.82) is 0 Å². The molecule has 0 saturated heterocycles. The van der Waals surface area contributed by atoms with Gasteiger partial charge in [-0.3, -0.25) is 9.59 Å². The number of carbonyl (C=O) groups excluding carboxylic acids is 2. The molecule has 0 fully saturated rings. The summed E-state index contributed by atoms with van der Waals surface area (Å²) in [6.07, 6.45) is 0. The largest absolute Gasteiger partial charge is 0.365 e. The maximum Gasteiger partial charge on any atom is 0.251 e. The van der Waals surface area contributed by atoms with E-state index >= 15 is 0 Å². The van der Waals surface area contributed by atoms with E-state index in [0.29, 0.717) is 17.1 Å². The maximum atomic E-state index is 12.4. The third kappa shape index (κ3) is 5.10. The van der Waals surface area contributed by atoms with Gasteiger partial charge in [0.15, 0.2) is 0 Å². The molecule has 0 aliphatic rings. The van der Waals surface area contributed by atoms with Gasteiger partial charge in [0.05, 0.1) is 12.1 Å². The standard InChI is InChI=1S/C23H25N3O2S/c1-15-16(2)29-23(21(15)22(24)28)26-20(27)14-25-13-19(17-9-5-3-6-10-17)18-11-7-4-8-12-18/h3-12,19,25H,13-14H2,1-2H3,(H2,24,28)(H,26,27). The molecular weight excluding hydrogens is 382 g/mol. The van der Waals surface area contributed by atoms with E-state index in [1.165, 1.54) is 22.5 Å². The van der Waals surface area contributed by atoms with Crippen molar-refractivity contribution in [1.82, 2.24) is 5.32 Å². The predicted octanol–water partition coefficient (Wildman–Crippen LogP) is 3.82. The van der Waals surface area contributed by atoms with Crippen LogP contribution in [-0.2, 0) is 4.79 Å². The Balaban J connectivity index is 1.65. The molecule has 4 N–H and O–H groups in total. The first-order valence-electron chi connectivity index (χ1n) is 9.47. The highest BCUT2D eigenvalue weighted by molar-refractivity contribution is 7.16. The molecule has 2 amide bonds. The van der Waals surface area contributed by atoms with Gasteiger partial charge in [-0.15, -0.1) is 11.3 Å². The number of benzene rings is 2. The molecule has 1 heterocycles. The summed E-state index contributed by atoms with van der Waals surface area (Å²) < 4.78 is 0. The van der Waals surface area contributed by atoms with Crippen molar-refractivity contribution >= 4 is 28.2 Å². The van der Waals surface area contributed by atoms with Crippen LogP contribution >= 0.6 is 11.3 Å². The molecule has 150 valence electrons. The molecule has 0 radical (unpaired) electrons. The lowest BCUT2D eigenvalue weighted by atomic mass is 9.91. The lowest BCUT2D eigenvalue weighted by Gasteiger charge is -2.18. The smallest absolute Gasteiger partial charge is 0.251 e. The van der Waals surface area contributed by atoms with Crippen molar-refractivity contribution in [2.45, 2.75) is 19.8 Å². The molecule has 0 spiro atoms. The van der Waals surface area contributed by atoms with Gasteiger partial charge in [-0.1, -0.05) is 60.7 Å². The van der Waals surface area contributed by atoms with Crippen LogP contribution in [-0.4, -0.2) is 24.9 Å². The number of thiophene rings is 1. The summed E-state index contributed by atoms with van der Waals surface area (Å²) in [5, 5.41) is 6.59. The Labute approximate surface area is 175 Å². The van der Waals surface area contributed by atoms with Crippen LogP contribution in [0.25, 0.3) is 0 Å². The van der Waals surface area contributed by atoms with Crippen LogP contribution in [0.4, 0.5) is 5.00 Å². The Morgan fingerprint density at radius 2 is 1.52 bits per heavy atom. The van der Waals surface area contributed by atoms with E-state index in [0.717, 1.165) is 10.4 Å². The third-order valence-corrected chi connectivity index (χ3v) is 6.05. The molecule has 3 aromatic rings. The fourth-order valence-electron chi connectivity index (χ4n) is 3.31. The molecule has 0 aliphatic heterocycles. The van der Waals surface area contributed by atoms with Gasteiger partial charge < -0.3 is 16.4 Å². The summed E-state index contributed by atoms with van der Waals surface area (Å²) in [4.78, 5) is 25.1. The highest BCUT2D eigenvalue weighted by Gasteiger charge is 2.19. The average molecular weight is 408 g/mol. The van der Waals surface area contributed by atoms with Crippen LogP contribution < -0.4 is 16.4 Å². The van der Waals surface area contributed by atoms with Gasteiger partial charge >= 0.3 is 0 Å². The molecule has 0 atom stereocenters. The Morgan fingerprint density at radius 3 is 2.03 bits per heavy atom. The number of amides is 2. The van der Waals surface area contributed by atoms with Crippen LogP contribution in [0.15, 0.2) is 60.7 Å². The molecule has 2 aromatic carbocycles. The van der Waals surface area contributed by atoms with Crippen molar-refractivity contribution in [2.75, 3.05) is 18.4 Å². The quantitative estimate of drug-likeness (QED) is 0.531. The molecule has 6 heteroatoms. The van der Waals surface area contributed by atoms with E-state index in [9.17, 15) is 9.59 Å². The van der Waals surface area contributed by atoms with E-state index < -0.39 is 5.91 Å². The number of anilines is 1. The van der Waals surface area contributed by atoms with Crippen LogP contribution in [0.1, 0.15) is 37.8 Å². The SMILES string of the molecule is Cc1sc(NC(=O)CNCC(c2ccccc2)c2ccccc2)c(C(N)=O)c1C. The van der Waals surface area contributed by atoms with Crippen molar-refractivity contribution < 1.29 is 9.59 Å². The van der Waals surface area contributed by atoms with Crippen LogP contribution in [0, 0.1) is 13.8 Å². The van der Waals surface area contributed by atoms with Crippen molar-refractivity contribution in [3.05, 3.63) is 87.8 Å².